The summed E-state index contributed by atoms with van der Waals surface area (Å²) in [7, 11) is -2.89. The van der Waals surface area contributed by atoms with Gasteiger partial charge in [0.15, 0.2) is 9.84 Å². The van der Waals surface area contributed by atoms with Gasteiger partial charge in [-0.3, -0.25) is 14.6 Å². The molecule has 0 spiro atoms. The van der Waals surface area contributed by atoms with Crippen LogP contribution >= 0.6 is 0 Å². The van der Waals surface area contributed by atoms with E-state index in [-0.39, 0.29) is 29.6 Å². The number of ether oxygens (including phenoxy) is 1. The second-order valence-corrected chi connectivity index (χ2v) is 8.83. The molecule has 1 amide bonds. The summed E-state index contributed by atoms with van der Waals surface area (Å²) >= 11 is 0. The molecule has 3 saturated heterocycles. The first-order valence-electron chi connectivity index (χ1n) is 8.02. The van der Waals surface area contributed by atoms with Crippen molar-refractivity contribution in [1.82, 2.24) is 15.1 Å². The summed E-state index contributed by atoms with van der Waals surface area (Å²) < 4.78 is 28.6. The maximum Gasteiger partial charge on any atom is 0.222 e. The molecule has 3 aliphatic heterocycles. The molecule has 3 heterocycles. The lowest BCUT2D eigenvalue weighted by atomic mass is 9.98. The number of nitrogens with zero attached hydrogens (tertiary/aromatic N) is 2. The first-order chi connectivity index (χ1) is 10.4. The Hall–Kier alpha value is -0.700. The fourth-order valence-electron chi connectivity index (χ4n) is 3.67. The van der Waals surface area contributed by atoms with E-state index in [2.05, 4.69) is 22.0 Å². The summed E-state index contributed by atoms with van der Waals surface area (Å²) in [4.78, 5) is 16.6. The summed E-state index contributed by atoms with van der Waals surface area (Å²) in [6.07, 6.45) is 1.33. The zero-order chi connectivity index (χ0) is 15.7. The summed E-state index contributed by atoms with van der Waals surface area (Å²) in [5, 5.41) is 3.03. The van der Waals surface area contributed by atoms with Crippen molar-refractivity contribution in [2.45, 2.75) is 38.0 Å². The van der Waals surface area contributed by atoms with E-state index in [0.717, 1.165) is 19.6 Å². The molecule has 0 aromatic heterocycles. The van der Waals surface area contributed by atoms with E-state index in [1.807, 2.05) is 0 Å². The minimum absolute atomic E-state index is 0.0446. The number of sulfone groups is 1. The lowest BCUT2D eigenvalue weighted by Gasteiger charge is -2.45. The van der Waals surface area contributed by atoms with Crippen LogP contribution in [-0.2, 0) is 19.4 Å². The average Bonchev–Trinajstić information content (AvgIpc) is 2.47. The number of carbonyl (C=O) groups is 1. The highest BCUT2D eigenvalue weighted by molar-refractivity contribution is 7.91. The number of nitrogens with one attached hydrogen (secondary N) is 1. The Kier molecular flexibility index (Phi) is 4.72. The molecule has 0 aliphatic carbocycles. The first-order valence-corrected chi connectivity index (χ1v) is 9.84. The van der Waals surface area contributed by atoms with Crippen molar-refractivity contribution in [1.29, 1.82) is 0 Å². The molecule has 0 aromatic rings. The van der Waals surface area contributed by atoms with Gasteiger partial charge in [0.2, 0.25) is 5.91 Å². The van der Waals surface area contributed by atoms with Crippen LogP contribution in [0.1, 0.15) is 19.8 Å². The predicted octanol–water partition coefficient (Wildman–Crippen LogP) is -0.958. The van der Waals surface area contributed by atoms with Gasteiger partial charge in [-0.25, -0.2) is 8.42 Å². The molecule has 0 saturated carbocycles. The van der Waals surface area contributed by atoms with Crippen molar-refractivity contribution in [2.24, 2.45) is 0 Å². The lowest BCUT2D eigenvalue weighted by molar-refractivity contribution is -0.129. The first kappa shape index (κ1) is 16.2. The van der Waals surface area contributed by atoms with E-state index in [4.69, 9.17) is 4.74 Å². The third-order valence-electron chi connectivity index (χ3n) is 4.95. The van der Waals surface area contributed by atoms with Crippen molar-refractivity contribution in [3.63, 3.8) is 0 Å². The highest BCUT2D eigenvalue weighted by Gasteiger charge is 2.37. The Morgan fingerprint density at radius 1 is 1.23 bits per heavy atom. The van der Waals surface area contributed by atoms with E-state index in [0.29, 0.717) is 32.2 Å². The molecule has 3 atom stereocenters. The highest BCUT2D eigenvalue weighted by Crippen LogP contribution is 2.23. The Balaban J connectivity index is 1.64. The average molecular weight is 331 g/mol. The van der Waals surface area contributed by atoms with Gasteiger partial charge in [0.05, 0.1) is 30.9 Å². The van der Waals surface area contributed by atoms with Crippen LogP contribution in [0.4, 0.5) is 0 Å². The lowest BCUT2D eigenvalue weighted by Crippen LogP contribution is -2.61. The minimum Gasteiger partial charge on any atom is -0.379 e. The zero-order valence-corrected chi connectivity index (χ0v) is 13.8. The van der Waals surface area contributed by atoms with Crippen LogP contribution in [-0.4, -0.2) is 86.7 Å². The van der Waals surface area contributed by atoms with Crippen molar-refractivity contribution in [3.8, 4) is 0 Å². The molecule has 126 valence electrons. The predicted molar refractivity (Wildman–Crippen MR) is 82.2 cm³/mol. The molecule has 3 fully saturated rings. The third-order valence-corrected chi connectivity index (χ3v) is 6.56. The number of hydrogen-bond acceptors (Lipinski definition) is 6. The molecule has 0 bridgehead atoms. The molecular formula is C14H25N3O4S. The maximum atomic E-state index is 12.1. The quantitative estimate of drug-likeness (QED) is 0.702. The number of morpholine rings is 1. The topological polar surface area (TPSA) is 79.0 Å². The molecule has 22 heavy (non-hydrogen) atoms. The zero-order valence-electron chi connectivity index (χ0n) is 13.0. The van der Waals surface area contributed by atoms with Crippen LogP contribution in [0.25, 0.3) is 0 Å². The van der Waals surface area contributed by atoms with Gasteiger partial charge in [-0.15, -0.1) is 0 Å². The monoisotopic (exact) mass is 331 g/mol. The molecular weight excluding hydrogens is 306 g/mol. The Labute approximate surface area is 131 Å². The van der Waals surface area contributed by atoms with Gasteiger partial charge in [-0.2, -0.15) is 0 Å². The molecule has 3 aliphatic rings. The Morgan fingerprint density at radius 2 is 1.95 bits per heavy atom. The second kappa shape index (κ2) is 6.43. The van der Waals surface area contributed by atoms with Crippen LogP contribution in [0.3, 0.4) is 0 Å². The van der Waals surface area contributed by atoms with Crippen LogP contribution in [0, 0.1) is 0 Å². The number of amides is 1. The van der Waals surface area contributed by atoms with Gasteiger partial charge in [0, 0.05) is 38.1 Å². The third kappa shape index (κ3) is 3.61. The molecule has 3 rings (SSSR count). The Morgan fingerprint density at radius 3 is 2.64 bits per heavy atom. The molecule has 0 radical (unpaired) electrons. The molecule has 0 aromatic carbocycles. The largest absolute Gasteiger partial charge is 0.379 e. The van der Waals surface area contributed by atoms with Crippen LogP contribution in [0.2, 0.25) is 0 Å². The van der Waals surface area contributed by atoms with E-state index in [9.17, 15) is 13.2 Å². The Bertz CT molecular complexity index is 510. The van der Waals surface area contributed by atoms with Gasteiger partial charge in [-0.05, 0) is 13.3 Å². The summed E-state index contributed by atoms with van der Waals surface area (Å²) in [5.74, 6) is 0.448. The van der Waals surface area contributed by atoms with Crippen molar-refractivity contribution >= 4 is 15.7 Å². The number of piperidine rings is 1. The van der Waals surface area contributed by atoms with Crippen LogP contribution in [0.5, 0.6) is 0 Å². The van der Waals surface area contributed by atoms with Gasteiger partial charge in [0.1, 0.15) is 0 Å². The van der Waals surface area contributed by atoms with E-state index >= 15 is 0 Å². The van der Waals surface area contributed by atoms with Crippen molar-refractivity contribution in [3.05, 3.63) is 0 Å². The molecule has 1 N–H and O–H groups in total. The second-order valence-electron chi connectivity index (χ2n) is 6.53. The van der Waals surface area contributed by atoms with Crippen molar-refractivity contribution in [2.75, 3.05) is 44.4 Å². The minimum atomic E-state index is -2.89. The summed E-state index contributed by atoms with van der Waals surface area (Å²) in [6.45, 7) is 5.45. The van der Waals surface area contributed by atoms with Gasteiger partial charge >= 0.3 is 0 Å². The van der Waals surface area contributed by atoms with E-state index < -0.39 is 9.84 Å². The van der Waals surface area contributed by atoms with E-state index in [1.165, 1.54) is 0 Å². The van der Waals surface area contributed by atoms with Crippen LogP contribution in [0.15, 0.2) is 0 Å². The highest BCUT2D eigenvalue weighted by atomic mass is 32.2. The van der Waals surface area contributed by atoms with E-state index in [1.54, 1.807) is 0 Å². The SMILES string of the molecule is C[C@@H]1COCCN1C1CC(=O)NC(N2CCS(=O)(=O)CC2)C1. The fraction of sp³-hybridized carbons (Fsp3) is 0.929. The maximum absolute atomic E-state index is 12.1. The standard InChI is InChI=1S/C14H25N3O4S/c1-11-10-21-5-2-17(11)12-8-13(15-14(18)9-12)16-3-6-22(19,20)7-4-16/h11-13H,2-10H2,1H3,(H,15,18)/t11-,12?,13?/m1/s1. The molecule has 8 heteroatoms. The molecule has 7 nitrogen and oxygen atoms in total. The summed E-state index contributed by atoms with van der Waals surface area (Å²) in [5.41, 5.74) is 0. The van der Waals surface area contributed by atoms with Gasteiger partial charge in [-0.1, -0.05) is 0 Å². The summed E-state index contributed by atoms with van der Waals surface area (Å²) in [6, 6.07) is 0.545. The van der Waals surface area contributed by atoms with Crippen molar-refractivity contribution < 1.29 is 17.9 Å². The van der Waals surface area contributed by atoms with Gasteiger partial charge in [0.25, 0.3) is 0 Å². The molecule has 2 unspecified atom stereocenters. The van der Waals surface area contributed by atoms with Crippen LogP contribution < -0.4 is 5.32 Å². The number of carbonyl (C=O) groups excluding carboxylic acids is 1. The normalized spacial score (nSPS) is 37.7. The fourth-order valence-corrected chi connectivity index (χ4v) is 4.90. The smallest absolute Gasteiger partial charge is 0.222 e. The number of hydrogen-bond donors (Lipinski definition) is 1. The number of rotatable bonds is 2. The van der Waals surface area contributed by atoms with Gasteiger partial charge < -0.3 is 10.1 Å².